The first-order valence-corrected chi connectivity index (χ1v) is 10.7. The standard InChI is InChI=1S/C27H23N3O/c31-27(30-17-7-2-8-18-30)22-14-16-26-24(19-22)25(28-29-26)15-13-21-11-5-6-12-23(21)20-9-3-1-4-10-20/h1,3-6,9-12,14,16,19H,2,7-8,17-18H2,(H,28,29). The average molecular weight is 406 g/mol. The molecule has 4 heteroatoms. The Hall–Kier alpha value is -3.84. The molecule has 1 amide bonds. The van der Waals surface area contributed by atoms with Crippen LogP contribution in [0.4, 0.5) is 0 Å². The molecule has 2 heterocycles. The van der Waals surface area contributed by atoms with Crippen LogP contribution in [0.15, 0.2) is 72.8 Å². The number of amides is 1. The van der Waals surface area contributed by atoms with E-state index in [2.05, 4.69) is 40.2 Å². The summed E-state index contributed by atoms with van der Waals surface area (Å²) in [4.78, 5) is 14.9. The number of nitrogens with one attached hydrogen (secondary N) is 1. The normalized spacial score (nSPS) is 13.6. The van der Waals surface area contributed by atoms with E-state index in [0.717, 1.165) is 59.2 Å². The third kappa shape index (κ3) is 3.95. The summed E-state index contributed by atoms with van der Waals surface area (Å²) in [5, 5.41) is 8.29. The highest BCUT2D eigenvalue weighted by atomic mass is 16.2. The lowest BCUT2D eigenvalue weighted by atomic mass is 10.00. The van der Waals surface area contributed by atoms with Gasteiger partial charge in [0.15, 0.2) is 0 Å². The van der Waals surface area contributed by atoms with Crippen molar-refractivity contribution in [3.63, 3.8) is 0 Å². The fourth-order valence-electron chi connectivity index (χ4n) is 4.11. The fourth-order valence-corrected chi connectivity index (χ4v) is 4.11. The number of H-pyrrole nitrogens is 1. The molecule has 0 atom stereocenters. The smallest absolute Gasteiger partial charge is 0.253 e. The van der Waals surface area contributed by atoms with Gasteiger partial charge in [-0.1, -0.05) is 54.5 Å². The number of piperidine rings is 1. The number of aromatic nitrogens is 2. The van der Waals surface area contributed by atoms with Gasteiger partial charge in [-0.05, 0) is 60.6 Å². The molecule has 152 valence electrons. The summed E-state index contributed by atoms with van der Waals surface area (Å²) in [5.41, 5.74) is 5.43. The van der Waals surface area contributed by atoms with E-state index in [1.807, 2.05) is 59.5 Å². The zero-order valence-corrected chi connectivity index (χ0v) is 17.3. The Morgan fingerprint density at radius 1 is 0.871 bits per heavy atom. The van der Waals surface area contributed by atoms with Gasteiger partial charge >= 0.3 is 0 Å². The van der Waals surface area contributed by atoms with Gasteiger partial charge in [-0.3, -0.25) is 9.89 Å². The first-order chi connectivity index (χ1) is 15.3. The van der Waals surface area contributed by atoms with Crippen LogP contribution in [0.3, 0.4) is 0 Å². The minimum absolute atomic E-state index is 0.0936. The van der Waals surface area contributed by atoms with Crippen molar-refractivity contribution in [2.75, 3.05) is 13.1 Å². The number of aromatic amines is 1. The highest BCUT2D eigenvalue weighted by Crippen LogP contribution is 2.24. The van der Waals surface area contributed by atoms with Gasteiger partial charge in [0.25, 0.3) is 5.91 Å². The molecular weight excluding hydrogens is 382 g/mol. The molecule has 31 heavy (non-hydrogen) atoms. The second-order valence-electron chi connectivity index (χ2n) is 7.85. The van der Waals surface area contributed by atoms with Crippen LogP contribution in [0.1, 0.15) is 40.9 Å². The number of fused-ring (bicyclic) bond motifs is 1. The number of rotatable bonds is 2. The van der Waals surface area contributed by atoms with Gasteiger partial charge in [-0.15, -0.1) is 0 Å². The van der Waals surface area contributed by atoms with Crippen LogP contribution in [-0.2, 0) is 0 Å². The molecule has 1 aromatic heterocycles. The average Bonchev–Trinajstić information content (AvgIpc) is 3.26. The number of hydrogen-bond donors (Lipinski definition) is 1. The SMILES string of the molecule is O=C(c1ccc2n[nH]c(C#Cc3ccccc3-c3ccccc3)c2c1)N1CCCCC1. The van der Waals surface area contributed by atoms with Crippen LogP contribution >= 0.6 is 0 Å². The number of benzene rings is 3. The molecule has 1 fully saturated rings. The van der Waals surface area contributed by atoms with Crippen molar-refractivity contribution < 1.29 is 4.79 Å². The summed E-state index contributed by atoms with van der Waals surface area (Å²) in [6.07, 6.45) is 3.36. The maximum absolute atomic E-state index is 12.9. The molecule has 0 unspecified atom stereocenters. The molecule has 0 spiro atoms. The molecular formula is C27H23N3O. The van der Waals surface area contributed by atoms with Gasteiger partial charge in [-0.2, -0.15) is 5.10 Å². The van der Waals surface area contributed by atoms with Crippen molar-refractivity contribution >= 4 is 16.8 Å². The summed E-state index contributed by atoms with van der Waals surface area (Å²) in [6, 6.07) is 24.1. The molecule has 1 aliphatic rings. The van der Waals surface area contributed by atoms with E-state index < -0.39 is 0 Å². The summed E-state index contributed by atoms with van der Waals surface area (Å²) in [6.45, 7) is 1.68. The molecule has 1 aliphatic heterocycles. The first-order valence-electron chi connectivity index (χ1n) is 10.7. The summed E-state index contributed by atoms with van der Waals surface area (Å²) in [5.74, 6) is 6.64. The molecule has 0 saturated carbocycles. The Balaban J connectivity index is 1.49. The molecule has 0 bridgehead atoms. The van der Waals surface area contributed by atoms with Crippen molar-refractivity contribution in [1.82, 2.24) is 15.1 Å². The van der Waals surface area contributed by atoms with Gasteiger partial charge in [-0.25, -0.2) is 0 Å². The third-order valence-corrected chi connectivity index (χ3v) is 5.78. The van der Waals surface area contributed by atoms with Crippen LogP contribution in [0.5, 0.6) is 0 Å². The van der Waals surface area contributed by atoms with Gasteiger partial charge in [0, 0.05) is 29.6 Å². The number of nitrogens with zero attached hydrogens (tertiary/aromatic N) is 2. The van der Waals surface area contributed by atoms with Crippen LogP contribution in [-0.4, -0.2) is 34.1 Å². The maximum Gasteiger partial charge on any atom is 0.253 e. The predicted molar refractivity (Wildman–Crippen MR) is 124 cm³/mol. The minimum Gasteiger partial charge on any atom is -0.339 e. The maximum atomic E-state index is 12.9. The Bertz CT molecular complexity index is 1290. The number of hydrogen-bond acceptors (Lipinski definition) is 2. The Morgan fingerprint density at radius 2 is 1.65 bits per heavy atom. The van der Waals surface area contributed by atoms with Crippen molar-refractivity contribution in [2.45, 2.75) is 19.3 Å². The molecule has 4 nitrogen and oxygen atoms in total. The highest BCUT2D eigenvalue weighted by Gasteiger charge is 2.19. The second-order valence-corrected chi connectivity index (χ2v) is 7.85. The zero-order chi connectivity index (χ0) is 21.0. The lowest BCUT2D eigenvalue weighted by Crippen LogP contribution is -2.35. The van der Waals surface area contributed by atoms with Crippen molar-refractivity contribution in [3.05, 3.63) is 89.6 Å². The number of carbonyl (C=O) groups excluding carboxylic acids is 1. The Morgan fingerprint density at radius 3 is 2.48 bits per heavy atom. The highest BCUT2D eigenvalue weighted by molar-refractivity contribution is 5.99. The van der Waals surface area contributed by atoms with E-state index in [1.54, 1.807) is 0 Å². The quantitative estimate of drug-likeness (QED) is 0.463. The van der Waals surface area contributed by atoms with Crippen molar-refractivity contribution in [1.29, 1.82) is 0 Å². The molecule has 1 saturated heterocycles. The van der Waals surface area contributed by atoms with E-state index in [4.69, 9.17) is 0 Å². The van der Waals surface area contributed by atoms with E-state index in [-0.39, 0.29) is 5.91 Å². The lowest BCUT2D eigenvalue weighted by Gasteiger charge is -2.26. The minimum atomic E-state index is 0.0936. The summed E-state index contributed by atoms with van der Waals surface area (Å²) in [7, 11) is 0. The Labute approximate surface area is 181 Å². The topological polar surface area (TPSA) is 49.0 Å². The van der Waals surface area contributed by atoms with Gasteiger partial charge in [0.1, 0.15) is 5.69 Å². The van der Waals surface area contributed by atoms with Gasteiger partial charge < -0.3 is 4.90 Å². The first kappa shape index (κ1) is 19.1. The third-order valence-electron chi connectivity index (χ3n) is 5.78. The predicted octanol–water partition coefficient (Wildman–Crippen LogP) is 5.26. The van der Waals surface area contributed by atoms with Crippen LogP contribution in [0, 0.1) is 11.8 Å². The number of likely N-dealkylation sites (tertiary alicyclic amines) is 1. The molecule has 5 rings (SSSR count). The fraction of sp³-hybridized carbons (Fsp3) is 0.185. The molecule has 0 aliphatic carbocycles. The van der Waals surface area contributed by atoms with Crippen molar-refractivity contribution in [3.8, 4) is 23.0 Å². The molecule has 3 aromatic carbocycles. The van der Waals surface area contributed by atoms with Crippen molar-refractivity contribution in [2.24, 2.45) is 0 Å². The molecule has 1 N–H and O–H groups in total. The van der Waals surface area contributed by atoms with E-state index in [0.29, 0.717) is 5.56 Å². The second kappa shape index (κ2) is 8.49. The zero-order valence-electron chi connectivity index (χ0n) is 17.3. The van der Waals surface area contributed by atoms with E-state index in [9.17, 15) is 4.79 Å². The summed E-state index contributed by atoms with van der Waals surface area (Å²) < 4.78 is 0. The number of carbonyl (C=O) groups is 1. The molecule has 0 radical (unpaired) electrons. The monoisotopic (exact) mass is 405 g/mol. The van der Waals surface area contributed by atoms with Crippen LogP contribution in [0.25, 0.3) is 22.0 Å². The van der Waals surface area contributed by atoms with E-state index in [1.165, 1.54) is 6.42 Å². The van der Waals surface area contributed by atoms with Gasteiger partial charge in [0.2, 0.25) is 0 Å². The van der Waals surface area contributed by atoms with E-state index >= 15 is 0 Å². The summed E-state index contributed by atoms with van der Waals surface area (Å²) >= 11 is 0. The lowest BCUT2D eigenvalue weighted by molar-refractivity contribution is 0.0724. The van der Waals surface area contributed by atoms with Crippen LogP contribution in [0.2, 0.25) is 0 Å². The largest absolute Gasteiger partial charge is 0.339 e. The molecule has 4 aromatic rings. The van der Waals surface area contributed by atoms with Gasteiger partial charge in [0.05, 0.1) is 5.52 Å². The Kier molecular flexibility index (Phi) is 5.24. The van der Waals surface area contributed by atoms with Crippen LogP contribution < -0.4 is 0 Å².